The lowest BCUT2D eigenvalue weighted by atomic mass is 9.99. The van der Waals surface area contributed by atoms with E-state index < -0.39 is 0 Å². The molecule has 1 aliphatic heterocycles. The van der Waals surface area contributed by atoms with Crippen LogP contribution in [0.5, 0.6) is 0 Å². The topological polar surface area (TPSA) is 70.6 Å². The smallest absolute Gasteiger partial charge is 0.183 e. The molecule has 0 amide bonds. The van der Waals surface area contributed by atoms with Gasteiger partial charge >= 0.3 is 0 Å². The summed E-state index contributed by atoms with van der Waals surface area (Å²) in [6.07, 6.45) is 9.19. The van der Waals surface area contributed by atoms with E-state index in [1.54, 1.807) is 12.4 Å². The van der Waals surface area contributed by atoms with E-state index in [4.69, 9.17) is 5.26 Å². The Morgan fingerprint density at radius 1 is 1.35 bits per heavy atom. The summed E-state index contributed by atoms with van der Waals surface area (Å²) in [5.74, 6) is 2.36. The highest BCUT2D eigenvalue weighted by molar-refractivity contribution is 5.48. The summed E-state index contributed by atoms with van der Waals surface area (Å²) < 4.78 is 2.21. The fourth-order valence-electron chi connectivity index (χ4n) is 2.75. The number of hydrogen-bond acceptors (Lipinski definition) is 5. The zero-order valence-electron chi connectivity index (χ0n) is 11.4. The van der Waals surface area contributed by atoms with Gasteiger partial charge in [0.05, 0.1) is 0 Å². The summed E-state index contributed by atoms with van der Waals surface area (Å²) in [4.78, 5) is 14.7. The molecule has 0 spiro atoms. The standard InChI is InChI=1S/C14H16N6/c1-19(14-12(8-15)16-4-5-18-14)9-11-2-3-13-17-6-7-20(13)10-11/h4-7,11H,2-3,9-10H2,1H3/t11-/m1/s1. The molecule has 0 saturated carbocycles. The molecule has 6 nitrogen and oxygen atoms in total. The zero-order chi connectivity index (χ0) is 13.9. The van der Waals surface area contributed by atoms with Gasteiger partial charge in [0.25, 0.3) is 0 Å². The van der Waals surface area contributed by atoms with Crippen LogP contribution in [0.1, 0.15) is 17.9 Å². The highest BCUT2D eigenvalue weighted by Gasteiger charge is 2.21. The van der Waals surface area contributed by atoms with Crippen LogP contribution in [0.3, 0.4) is 0 Å². The SMILES string of the molecule is CN(C[C@H]1CCc2nccn2C1)c1nccnc1C#N. The summed E-state index contributed by atoms with van der Waals surface area (Å²) in [5, 5.41) is 9.08. The molecule has 1 aliphatic rings. The van der Waals surface area contributed by atoms with Gasteiger partial charge in [-0.2, -0.15) is 5.26 Å². The van der Waals surface area contributed by atoms with Crippen LogP contribution >= 0.6 is 0 Å². The number of aromatic nitrogens is 4. The minimum Gasteiger partial charge on any atom is -0.357 e. The maximum atomic E-state index is 9.08. The van der Waals surface area contributed by atoms with Crippen molar-refractivity contribution < 1.29 is 0 Å². The molecule has 0 fully saturated rings. The van der Waals surface area contributed by atoms with E-state index in [1.807, 2.05) is 24.3 Å². The lowest BCUT2D eigenvalue weighted by Crippen LogP contribution is -2.32. The summed E-state index contributed by atoms with van der Waals surface area (Å²) >= 11 is 0. The summed E-state index contributed by atoms with van der Waals surface area (Å²) in [6, 6.07) is 2.09. The maximum absolute atomic E-state index is 9.08. The molecule has 0 bridgehead atoms. The Balaban J connectivity index is 1.71. The third-order valence-corrected chi connectivity index (χ3v) is 3.71. The van der Waals surface area contributed by atoms with Crippen molar-refractivity contribution in [1.82, 2.24) is 19.5 Å². The largest absolute Gasteiger partial charge is 0.357 e. The second kappa shape index (κ2) is 5.29. The third-order valence-electron chi connectivity index (χ3n) is 3.71. The predicted molar refractivity (Wildman–Crippen MR) is 74.1 cm³/mol. The molecule has 0 N–H and O–H groups in total. The van der Waals surface area contributed by atoms with E-state index in [9.17, 15) is 0 Å². The fraction of sp³-hybridized carbons (Fsp3) is 0.429. The average molecular weight is 268 g/mol. The molecule has 0 radical (unpaired) electrons. The molecule has 2 aromatic rings. The Morgan fingerprint density at radius 2 is 2.20 bits per heavy atom. The molecule has 1 atom stereocenters. The number of imidazole rings is 1. The molecule has 3 rings (SSSR count). The second-order valence-corrected chi connectivity index (χ2v) is 5.12. The molecule has 0 aromatic carbocycles. The van der Waals surface area contributed by atoms with Crippen molar-refractivity contribution >= 4 is 5.82 Å². The first-order valence-electron chi connectivity index (χ1n) is 6.70. The molecule has 0 saturated heterocycles. The van der Waals surface area contributed by atoms with Crippen molar-refractivity contribution in [2.45, 2.75) is 19.4 Å². The molecular formula is C14H16N6. The van der Waals surface area contributed by atoms with E-state index in [-0.39, 0.29) is 0 Å². The fourth-order valence-corrected chi connectivity index (χ4v) is 2.75. The molecule has 0 unspecified atom stereocenters. The maximum Gasteiger partial charge on any atom is 0.183 e. The first kappa shape index (κ1) is 12.6. The first-order valence-corrected chi connectivity index (χ1v) is 6.70. The summed E-state index contributed by atoms with van der Waals surface area (Å²) in [7, 11) is 1.97. The number of aryl methyl sites for hydroxylation is 1. The van der Waals surface area contributed by atoms with Gasteiger partial charge in [-0.1, -0.05) is 0 Å². The van der Waals surface area contributed by atoms with Gasteiger partial charge in [0, 0.05) is 51.3 Å². The van der Waals surface area contributed by atoms with Gasteiger partial charge in [0.15, 0.2) is 11.5 Å². The van der Waals surface area contributed by atoms with Gasteiger partial charge in [0.1, 0.15) is 11.9 Å². The molecule has 6 heteroatoms. The van der Waals surface area contributed by atoms with Crippen molar-refractivity contribution in [1.29, 1.82) is 5.26 Å². The average Bonchev–Trinajstić information content (AvgIpc) is 2.94. The normalized spacial score (nSPS) is 17.3. The number of rotatable bonds is 3. The van der Waals surface area contributed by atoms with E-state index >= 15 is 0 Å². The molecule has 0 aliphatic carbocycles. The highest BCUT2D eigenvalue weighted by Crippen LogP contribution is 2.21. The zero-order valence-corrected chi connectivity index (χ0v) is 11.4. The predicted octanol–water partition coefficient (Wildman–Crippen LogP) is 1.24. The van der Waals surface area contributed by atoms with E-state index in [1.165, 1.54) is 5.82 Å². The van der Waals surface area contributed by atoms with Gasteiger partial charge in [-0.25, -0.2) is 15.0 Å². The number of nitrogens with zero attached hydrogens (tertiary/aromatic N) is 6. The van der Waals surface area contributed by atoms with Crippen LogP contribution in [0.25, 0.3) is 0 Å². The van der Waals surface area contributed by atoms with Crippen molar-refractivity contribution in [2.24, 2.45) is 5.92 Å². The van der Waals surface area contributed by atoms with Crippen molar-refractivity contribution in [3.63, 3.8) is 0 Å². The minimum atomic E-state index is 0.383. The molecular weight excluding hydrogens is 252 g/mol. The minimum absolute atomic E-state index is 0.383. The van der Waals surface area contributed by atoms with Gasteiger partial charge in [-0.3, -0.25) is 0 Å². The Hall–Kier alpha value is -2.42. The molecule has 3 heterocycles. The number of nitriles is 1. The van der Waals surface area contributed by atoms with Crippen LogP contribution in [0, 0.1) is 17.2 Å². The van der Waals surface area contributed by atoms with Crippen molar-refractivity contribution in [3.05, 3.63) is 36.3 Å². The number of hydrogen-bond donors (Lipinski definition) is 0. The van der Waals surface area contributed by atoms with Crippen LogP contribution in [0.2, 0.25) is 0 Å². The Kier molecular flexibility index (Phi) is 3.33. The molecule has 20 heavy (non-hydrogen) atoms. The summed E-state index contributed by atoms with van der Waals surface area (Å²) in [5.41, 5.74) is 0.383. The number of anilines is 1. The van der Waals surface area contributed by atoms with Crippen molar-refractivity contribution in [2.75, 3.05) is 18.5 Å². The molecule has 2 aromatic heterocycles. The Bertz CT molecular complexity index is 641. The lowest BCUT2D eigenvalue weighted by molar-refractivity contribution is 0.368. The number of fused-ring (bicyclic) bond motifs is 1. The molecule has 102 valence electrons. The Labute approximate surface area is 117 Å². The van der Waals surface area contributed by atoms with Gasteiger partial charge in [-0.15, -0.1) is 0 Å². The van der Waals surface area contributed by atoms with Crippen LogP contribution < -0.4 is 4.90 Å². The van der Waals surface area contributed by atoms with E-state index in [0.29, 0.717) is 17.4 Å². The van der Waals surface area contributed by atoms with Crippen molar-refractivity contribution in [3.8, 4) is 6.07 Å². The van der Waals surface area contributed by atoms with Crippen LogP contribution in [0.15, 0.2) is 24.8 Å². The van der Waals surface area contributed by atoms with Crippen LogP contribution in [0.4, 0.5) is 5.82 Å². The van der Waals surface area contributed by atoms with Crippen LogP contribution in [-0.2, 0) is 13.0 Å². The first-order chi connectivity index (χ1) is 9.78. The lowest BCUT2D eigenvalue weighted by Gasteiger charge is -2.28. The quantitative estimate of drug-likeness (QED) is 0.837. The monoisotopic (exact) mass is 268 g/mol. The highest BCUT2D eigenvalue weighted by atomic mass is 15.2. The van der Waals surface area contributed by atoms with Crippen LogP contribution in [-0.4, -0.2) is 33.1 Å². The van der Waals surface area contributed by atoms with Gasteiger partial charge < -0.3 is 9.47 Å². The summed E-state index contributed by atoms with van der Waals surface area (Å²) in [6.45, 7) is 1.84. The van der Waals surface area contributed by atoms with E-state index in [2.05, 4.69) is 25.6 Å². The van der Waals surface area contributed by atoms with Gasteiger partial charge in [-0.05, 0) is 12.3 Å². The van der Waals surface area contributed by atoms with E-state index in [0.717, 1.165) is 25.9 Å². The second-order valence-electron chi connectivity index (χ2n) is 5.12. The third kappa shape index (κ3) is 2.35. The Morgan fingerprint density at radius 3 is 3.05 bits per heavy atom. The van der Waals surface area contributed by atoms with Gasteiger partial charge in [0.2, 0.25) is 0 Å².